The van der Waals surface area contributed by atoms with Crippen molar-refractivity contribution in [2.45, 2.75) is 25.1 Å². The van der Waals surface area contributed by atoms with E-state index < -0.39 is 11.9 Å². The lowest BCUT2D eigenvalue weighted by molar-refractivity contribution is -0.141. The van der Waals surface area contributed by atoms with Crippen LogP contribution in [0.4, 0.5) is 24.8 Å². The number of aromatic nitrogens is 2. The lowest BCUT2D eigenvalue weighted by Gasteiger charge is -2.35. The highest BCUT2D eigenvalue weighted by molar-refractivity contribution is 6.30. The molecule has 2 aromatic rings. The van der Waals surface area contributed by atoms with Crippen LogP contribution in [0.25, 0.3) is 0 Å². The van der Waals surface area contributed by atoms with Gasteiger partial charge < -0.3 is 15.1 Å². The highest BCUT2D eigenvalue weighted by Crippen LogP contribution is 2.28. The molecule has 7 nitrogen and oxygen atoms in total. The maximum atomic E-state index is 12.9. The first-order valence-corrected chi connectivity index (χ1v) is 11.4. The normalized spacial score (nSPS) is 19.7. The summed E-state index contributed by atoms with van der Waals surface area (Å²) in [6.45, 7) is 4.41. The van der Waals surface area contributed by atoms with Gasteiger partial charge in [0, 0.05) is 62.7 Å². The van der Waals surface area contributed by atoms with Gasteiger partial charge in [0.25, 0.3) is 0 Å². The minimum Gasteiger partial charge on any atom is -0.360 e. The molecule has 2 fully saturated rings. The number of benzene rings is 1. The van der Waals surface area contributed by atoms with E-state index in [1.807, 2.05) is 24.3 Å². The van der Waals surface area contributed by atoms with Gasteiger partial charge in [0.1, 0.15) is 11.7 Å². The monoisotopic (exact) mass is 482 g/mol. The largest absolute Gasteiger partial charge is 0.433 e. The van der Waals surface area contributed by atoms with Crippen LogP contribution in [0.5, 0.6) is 0 Å². The van der Waals surface area contributed by atoms with Crippen molar-refractivity contribution in [2.24, 2.45) is 0 Å². The first kappa shape index (κ1) is 23.6. The predicted molar refractivity (Wildman–Crippen MR) is 121 cm³/mol. The Morgan fingerprint density at radius 3 is 2.52 bits per heavy atom. The van der Waals surface area contributed by atoms with E-state index in [0.717, 1.165) is 37.3 Å². The number of hydrogen-bond acceptors (Lipinski definition) is 6. The fourth-order valence-electron chi connectivity index (χ4n) is 4.27. The van der Waals surface area contributed by atoms with Gasteiger partial charge in [-0.2, -0.15) is 13.2 Å². The number of amides is 1. The molecule has 0 radical (unpaired) electrons. The Balaban J connectivity index is 1.23. The highest BCUT2D eigenvalue weighted by atomic mass is 35.5. The number of carbonyl (C=O) groups is 1. The van der Waals surface area contributed by atoms with Gasteiger partial charge in [0.15, 0.2) is 0 Å². The molecule has 1 atom stereocenters. The standard InChI is InChI=1S/C22H26ClF3N6O/c23-16-3-5-17(6-4-16)32-10-1-2-18(32)20(33)27-9-11-30-12-14-31(15-13-30)21-28-8-7-19(29-21)22(24,25)26/h3-8,18H,1-2,9-15H2,(H,27,33)/t18-/m0/s1. The zero-order chi connectivity index (χ0) is 23.4. The molecule has 2 aliphatic heterocycles. The second-order valence-electron chi connectivity index (χ2n) is 8.19. The van der Waals surface area contributed by atoms with E-state index in [4.69, 9.17) is 11.6 Å². The van der Waals surface area contributed by atoms with E-state index in [-0.39, 0.29) is 17.9 Å². The van der Waals surface area contributed by atoms with Gasteiger partial charge in [-0.25, -0.2) is 9.97 Å². The van der Waals surface area contributed by atoms with Crippen LogP contribution in [0.3, 0.4) is 0 Å². The zero-order valence-electron chi connectivity index (χ0n) is 18.1. The average Bonchev–Trinajstić information content (AvgIpc) is 3.30. The molecule has 0 spiro atoms. The van der Waals surface area contributed by atoms with Crippen molar-refractivity contribution in [3.05, 3.63) is 47.2 Å². The van der Waals surface area contributed by atoms with E-state index in [0.29, 0.717) is 44.3 Å². The van der Waals surface area contributed by atoms with Crippen molar-refractivity contribution < 1.29 is 18.0 Å². The molecule has 1 N–H and O–H groups in total. The first-order chi connectivity index (χ1) is 15.8. The van der Waals surface area contributed by atoms with Gasteiger partial charge in [0.2, 0.25) is 11.9 Å². The summed E-state index contributed by atoms with van der Waals surface area (Å²) in [6, 6.07) is 8.20. The van der Waals surface area contributed by atoms with Gasteiger partial charge in [-0.1, -0.05) is 11.6 Å². The Morgan fingerprint density at radius 2 is 1.82 bits per heavy atom. The molecule has 1 aromatic heterocycles. The van der Waals surface area contributed by atoms with Gasteiger partial charge in [-0.15, -0.1) is 0 Å². The predicted octanol–water partition coefficient (Wildman–Crippen LogP) is 3.06. The molecular weight excluding hydrogens is 457 g/mol. The number of halogens is 4. The molecule has 2 aliphatic rings. The fourth-order valence-corrected chi connectivity index (χ4v) is 4.39. The van der Waals surface area contributed by atoms with Crippen LogP contribution in [0.15, 0.2) is 36.5 Å². The third-order valence-corrected chi connectivity index (χ3v) is 6.28. The van der Waals surface area contributed by atoms with Crippen LogP contribution >= 0.6 is 11.6 Å². The summed E-state index contributed by atoms with van der Waals surface area (Å²) in [7, 11) is 0. The van der Waals surface area contributed by atoms with Crippen molar-refractivity contribution in [3.8, 4) is 0 Å². The number of nitrogens with zero attached hydrogens (tertiary/aromatic N) is 5. The van der Waals surface area contributed by atoms with E-state index in [1.54, 1.807) is 4.90 Å². The number of nitrogens with one attached hydrogen (secondary N) is 1. The third kappa shape index (κ3) is 5.86. The number of rotatable bonds is 6. The Hall–Kier alpha value is -2.59. The molecule has 1 amide bonds. The van der Waals surface area contributed by atoms with E-state index in [2.05, 4.69) is 25.1 Å². The van der Waals surface area contributed by atoms with Crippen LogP contribution in [0.1, 0.15) is 18.5 Å². The minimum atomic E-state index is -4.49. The average molecular weight is 483 g/mol. The Bertz CT molecular complexity index is 950. The highest BCUT2D eigenvalue weighted by Gasteiger charge is 2.34. The number of carbonyl (C=O) groups excluding carboxylic acids is 1. The summed E-state index contributed by atoms with van der Waals surface area (Å²) in [5.41, 5.74) is 0.0576. The van der Waals surface area contributed by atoms with Gasteiger partial charge in [-0.3, -0.25) is 9.69 Å². The molecule has 0 unspecified atom stereocenters. The molecule has 2 saturated heterocycles. The molecule has 4 rings (SSSR count). The maximum Gasteiger partial charge on any atom is 0.433 e. The van der Waals surface area contributed by atoms with E-state index in [9.17, 15) is 18.0 Å². The summed E-state index contributed by atoms with van der Waals surface area (Å²) in [6.07, 6.45) is -1.58. The Labute approximate surface area is 195 Å². The second kappa shape index (κ2) is 10.1. The molecule has 3 heterocycles. The maximum absolute atomic E-state index is 12.9. The van der Waals surface area contributed by atoms with Crippen molar-refractivity contribution in [1.29, 1.82) is 0 Å². The Morgan fingerprint density at radius 1 is 1.09 bits per heavy atom. The van der Waals surface area contributed by atoms with Crippen LogP contribution in [-0.2, 0) is 11.0 Å². The summed E-state index contributed by atoms with van der Waals surface area (Å²) >= 11 is 5.97. The van der Waals surface area contributed by atoms with Gasteiger partial charge >= 0.3 is 6.18 Å². The van der Waals surface area contributed by atoms with Crippen LogP contribution in [0.2, 0.25) is 5.02 Å². The summed E-state index contributed by atoms with van der Waals surface area (Å²) < 4.78 is 38.7. The number of anilines is 2. The lowest BCUT2D eigenvalue weighted by Crippen LogP contribution is -2.50. The molecule has 0 saturated carbocycles. The number of alkyl halides is 3. The molecule has 178 valence electrons. The van der Waals surface area contributed by atoms with E-state index >= 15 is 0 Å². The SMILES string of the molecule is O=C(NCCN1CCN(c2nccc(C(F)(F)F)n2)CC1)[C@@H]1CCCN1c1ccc(Cl)cc1. The zero-order valence-corrected chi connectivity index (χ0v) is 18.8. The van der Waals surface area contributed by atoms with Crippen LogP contribution in [0, 0.1) is 0 Å². The van der Waals surface area contributed by atoms with Gasteiger partial charge in [0.05, 0.1) is 0 Å². The number of piperazine rings is 1. The minimum absolute atomic E-state index is 0.0125. The van der Waals surface area contributed by atoms with E-state index in [1.165, 1.54) is 0 Å². The lowest BCUT2D eigenvalue weighted by atomic mass is 10.2. The van der Waals surface area contributed by atoms with Crippen LogP contribution < -0.4 is 15.1 Å². The molecular formula is C22H26ClF3N6O. The van der Waals surface area contributed by atoms with Gasteiger partial charge in [-0.05, 0) is 43.2 Å². The van der Waals surface area contributed by atoms with Crippen molar-refractivity contribution >= 4 is 29.1 Å². The summed E-state index contributed by atoms with van der Waals surface area (Å²) in [4.78, 5) is 26.5. The molecule has 33 heavy (non-hydrogen) atoms. The van der Waals surface area contributed by atoms with Crippen molar-refractivity contribution in [3.63, 3.8) is 0 Å². The smallest absolute Gasteiger partial charge is 0.360 e. The molecule has 11 heteroatoms. The molecule has 0 aliphatic carbocycles. The quantitative estimate of drug-likeness (QED) is 0.683. The third-order valence-electron chi connectivity index (χ3n) is 6.03. The second-order valence-corrected chi connectivity index (χ2v) is 8.62. The van der Waals surface area contributed by atoms with Crippen LogP contribution in [-0.4, -0.2) is 72.6 Å². The fraction of sp³-hybridized carbons (Fsp3) is 0.500. The number of hydrogen-bond donors (Lipinski definition) is 1. The van der Waals surface area contributed by atoms with Crippen molar-refractivity contribution in [1.82, 2.24) is 20.2 Å². The topological polar surface area (TPSA) is 64.6 Å². The summed E-state index contributed by atoms with van der Waals surface area (Å²) in [5.74, 6) is 0.111. The summed E-state index contributed by atoms with van der Waals surface area (Å²) in [5, 5.41) is 3.70. The molecule has 0 bridgehead atoms. The first-order valence-electron chi connectivity index (χ1n) is 11.0. The Kier molecular flexibility index (Phi) is 7.23. The van der Waals surface area contributed by atoms with Crippen molar-refractivity contribution in [2.75, 3.05) is 55.6 Å². The molecule has 1 aromatic carbocycles.